The van der Waals surface area contributed by atoms with Gasteiger partial charge in [0.25, 0.3) is 0 Å². The Labute approximate surface area is 316 Å². The van der Waals surface area contributed by atoms with E-state index in [1.54, 1.807) is 24.5 Å². The average molecular weight is 755 g/mol. The highest BCUT2D eigenvalue weighted by atomic mass is 35.5. The number of rotatable bonds is 18. The maximum absolute atomic E-state index is 12.5. The number of anilines is 2. The van der Waals surface area contributed by atoms with E-state index in [2.05, 4.69) is 64.6 Å². The normalized spacial score (nSPS) is 23.8. The lowest BCUT2D eigenvalue weighted by Crippen LogP contribution is -2.74. The first-order valence-corrected chi connectivity index (χ1v) is 18.9. The van der Waals surface area contributed by atoms with Gasteiger partial charge in [-0.25, -0.2) is 4.98 Å². The van der Waals surface area contributed by atoms with Gasteiger partial charge in [0, 0.05) is 66.8 Å². The van der Waals surface area contributed by atoms with Crippen molar-refractivity contribution < 1.29 is 29.0 Å². The van der Waals surface area contributed by atoms with Gasteiger partial charge in [0.2, 0.25) is 17.7 Å². The standard InChI is InChI=1S/C38H55ClN8O6/c1-37(2)35(38(3,4)36(37)53-24-9-11-27(40)26(39)20-24)47-32(49)23-8-14-30(44-21-23)42-18-17-41-16-6-5-7-19-52-25-10-12-28(43-22-25)33(50)45-29-13-15-31(48)46-34(29)51/h8-9,11,14,20-22,28-29,32,35-36,41,43,47,49H,5-7,10,12-13,15-19,40H2,1-4H3,(H,42,44)(H,45,50)(H,46,48,51). The number of carbonyl (C=O) groups is 3. The van der Waals surface area contributed by atoms with Gasteiger partial charge in [-0.2, -0.15) is 0 Å². The minimum atomic E-state index is -0.880. The maximum Gasteiger partial charge on any atom is 0.249 e. The molecule has 1 aromatic heterocycles. The van der Waals surface area contributed by atoms with Crippen LogP contribution in [-0.4, -0.2) is 78.3 Å². The zero-order chi connectivity index (χ0) is 38.2. The zero-order valence-electron chi connectivity index (χ0n) is 31.1. The summed E-state index contributed by atoms with van der Waals surface area (Å²) in [5, 5.41) is 29.7. The van der Waals surface area contributed by atoms with Crippen LogP contribution in [0.15, 0.2) is 48.5 Å². The number of benzene rings is 1. The number of nitrogens with zero attached hydrogens (tertiary/aromatic N) is 1. The summed E-state index contributed by atoms with van der Waals surface area (Å²) in [5.41, 5.74) is 6.52. The molecular formula is C38H55ClN8O6. The van der Waals surface area contributed by atoms with E-state index in [0.717, 1.165) is 50.5 Å². The molecular weight excluding hydrogens is 700 g/mol. The van der Waals surface area contributed by atoms with Crippen molar-refractivity contribution in [1.29, 1.82) is 0 Å². The number of hydrogen-bond donors (Lipinski definition) is 8. The smallest absolute Gasteiger partial charge is 0.249 e. The van der Waals surface area contributed by atoms with E-state index < -0.39 is 24.2 Å². The lowest BCUT2D eigenvalue weighted by atomic mass is 9.49. The average Bonchev–Trinajstić information content (AvgIpc) is 3.13. The summed E-state index contributed by atoms with van der Waals surface area (Å²) in [7, 11) is 0. The van der Waals surface area contributed by atoms with E-state index in [1.165, 1.54) is 0 Å². The summed E-state index contributed by atoms with van der Waals surface area (Å²) >= 11 is 6.20. The molecule has 0 bridgehead atoms. The molecule has 9 N–H and O–H groups in total. The Kier molecular flexibility index (Phi) is 13.5. The number of allylic oxidation sites excluding steroid dienone is 1. The Morgan fingerprint density at radius 2 is 1.85 bits per heavy atom. The fraction of sp³-hybridized carbons (Fsp3) is 0.579. The lowest BCUT2D eigenvalue weighted by Gasteiger charge is -2.63. The van der Waals surface area contributed by atoms with Crippen LogP contribution in [-0.2, 0) is 19.1 Å². The summed E-state index contributed by atoms with van der Waals surface area (Å²) in [6.45, 7) is 11.5. The quantitative estimate of drug-likeness (QED) is 0.0478. The van der Waals surface area contributed by atoms with Crippen molar-refractivity contribution in [1.82, 2.24) is 31.6 Å². The van der Waals surface area contributed by atoms with Crippen molar-refractivity contribution in [3.63, 3.8) is 0 Å². The Balaban J connectivity index is 0.903. The fourth-order valence-corrected chi connectivity index (χ4v) is 7.87. The molecule has 3 unspecified atom stereocenters. The largest absolute Gasteiger partial charge is 0.496 e. The Morgan fingerprint density at radius 1 is 1.06 bits per heavy atom. The minimum Gasteiger partial charge on any atom is -0.496 e. The first-order chi connectivity index (χ1) is 25.3. The van der Waals surface area contributed by atoms with Crippen LogP contribution in [0.25, 0.3) is 0 Å². The summed E-state index contributed by atoms with van der Waals surface area (Å²) in [5.74, 6) is 1.22. The van der Waals surface area contributed by atoms with Crippen LogP contribution in [0.1, 0.15) is 84.4 Å². The topological polar surface area (TPSA) is 201 Å². The van der Waals surface area contributed by atoms with Gasteiger partial charge in [0.05, 0.1) is 17.3 Å². The predicted molar refractivity (Wildman–Crippen MR) is 204 cm³/mol. The second kappa shape index (κ2) is 17.8. The molecule has 1 aliphatic carbocycles. The number of carbonyl (C=O) groups excluding carboxylic acids is 3. The molecule has 290 valence electrons. The van der Waals surface area contributed by atoms with Crippen molar-refractivity contribution in [3.8, 4) is 5.75 Å². The van der Waals surface area contributed by atoms with E-state index in [1.807, 2.05) is 18.2 Å². The number of aliphatic hydroxyl groups is 1. The molecule has 0 spiro atoms. The Bertz CT molecular complexity index is 1600. The number of nitrogens with one attached hydrogen (secondary N) is 6. The molecule has 1 saturated carbocycles. The molecule has 2 fully saturated rings. The summed E-state index contributed by atoms with van der Waals surface area (Å²) < 4.78 is 12.2. The number of amides is 3. The highest BCUT2D eigenvalue weighted by Crippen LogP contribution is 2.56. The summed E-state index contributed by atoms with van der Waals surface area (Å²) in [4.78, 5) is 40.2. The van der Waals surface area contributed by atoms with Gasteiger partial charge in [-0.15, -0.1) is 0 Å². The second-order valence-corrected chi connectivity index (χ2v) is 15.7. The number of piperidine rings is 1. The van der Waals surface area contributed by atoms with Crippen LogP contribution in [0.5, 0.6) is 5.75 Å². The number of halogens is 1. The van der Waals surface area contributed by atoms with Crippen molar-refractivity contribution in [3.05, 3.63) is 59.1 Å². The van der Waals surface area contributed by atoms with Crippen LogP contribution >= 0.6 is 11.6 Å². The summed E-state index contributed by atoms with van der Waals surface area (Å²) in [6, 6.07) is 7.93. The van der Waals surface area contributed by atoms with E-state index in [9.17, 15) is 19.5 Å². The number of aliphatic hydroxyl groups excluding tert-OH is 1. The molecule has 2 aliphatic heterocycles. The lowest BCUT2D eigenvalue weighted by molar-refractivity contribution is -0.179. The van der Waals surface area contributed by atoms with Gasteiger partial charge >= 0.3 is 0 Å². The second-order valence-electron chi connectivity index (χ2n) is 15.3. The number of unbranched alkanes of at least 4 members (excludes halogenated alkanes) is 2. The number of nitrogens with two attached hydrogens (primary N) is 1. The predicted octanol–water partition coefficient (Wildman–Crippen LogP) is 3.48. The van der Waals surface area contributed by atoms with E-state index in [-0.39, 0.29) is 41.2 Å². The number of imide groups is 1. The van der Waals surface area contributed by atoms with Gasteiger partial charge in [-0.05, 0) is 62.9 Å². The number of aromatic nitrogens is 1. The van der Waals surface area contributed by atoms with Crippen LogP contribution in [0, 0.1) is 10.8 Å². The third-order valence-electron chi connectivity index (χ3n) is 10.4. The molecule has 1 saturated heterocycles. The van der Waals surface area contributed by atoms with Gasteiger partial charge in [0.1, 0.15) is 41.7 Å². The molecule has 2 aromatic rings. The third kappa shape index (κ3) is 10.3. The first-order valence-electron chi connectivity index (χ1n) is 18.5. The van der Waals surface area contributed by atoms with Gasteiger partial charge < -0.3 is 41.6 Å². The molecule has 15 heteroatoms. The fourth-order valence-electron chi connectivity index (χ4n) is 7.70. The van der Waals surface area contributed by atoms with Crippen LogP contribution in [0.2, 0.25) is 5.02 Å². The molecule has 3 amide bonds. The summed E-state index contributed by atoms with van der Waals surface area (Å²) in [6.07, 6.45) is 7.17. The molecule has 53 heavy (non-hydrogen) atoms. The molecule has 14 nitrogen and oxygen atoms in total. The van der Waals surface area contributed by atoms with E-state index in [0.29, 0.717) is 47.9 Å². The Hall–Kier alpha value is -4.11. The number of pyridine rings is 1. The SMILES string of the molecule is CC1(C)C(NC(O)c2ccc(NCCNCCCCCOC3=CNC(C(=O)NC4CCC(=O)NC4=O)CC3)nc2)C(C)(C)C1Oc1ccc(N)c(Cl)c1. The minimum absolute atomic E-state index is 0.0207. The highest BCUT2D eigenvalue weighted by molar-refractivity contribution is 6.33. The van der Waals surface area contributed by atoms with Crippen molar-refractivity contribution in [2.45, 2.75) is 103 Å². The van der Waals surface area contributed by atoms with Crippen molar-refractivity contribution in [2.75, 3.05) is 37.3 Å². The van der Waals surface area contributed by atoms with Crippen molar-refractivity contribution >= 4 is 40.8 Å². The zero-order valence-corrected chi connectivity index (χ0v) is 31.9. The monoisotopic (exact) mass is 754 g/mol. The number of ether oxygens (including phenoxy) is 2. The molecule has 0 radical (unpaired) electrons. The highest BCUT2D eigenvalue weighted by Gasteiger charge is 2.63. The van der Waals surface area contributed by atoms with Gasteiger partial charge in [-0.1, -0.05) is 39.3 Å². The van der Waals surface area contributed by atoms with Crippen LogP contribution in [0.4, 0.5) is 11.5 Å². The molecule has 3 atom stereocenters. The van der Waals surface area contributed by atoms with Crippen LogP contribution < -0.4 is 42.4 Å². The van der Waals surface area contributed by atoms with Crippen LogP contribution in [0.3, 0.4) is 0 Å². The van der Waals surface area contributed by atoms with Crippen molar-refractivity contribution in [2.24, 2.45) is 10.8 Å². The molecule has 5 rings (SSSR count). The number of hydrogen-bond acceptors (Lipinski definition) is 12. The van der Waals surface area contributed by atoms with E-state index >= 15 is 0 Å². The molecule has 1 aromatic carbocycles. The van der Waals surface area contributed by atoms with Gasteiger partial charge in [-0.3, -0.25) is 25.0 Å². The molecule has 3 heterocycles. The maximum atomic E-state index is 12.5. The Morgan fingerprint density at radius 3 is 2.53 bits per heavy atom. The first kappa shape index (κ1) is 40.1. The third-order valence-corrected chi connectivity index (χ3v) is 10.7. The number of nitrogen functional groups attached to an aromatic ring is 1. The van der Waals surface area contributed by atoms with E-state index in [4.69, 9.17) is 26.8 Å². The van der Waals surface area contributed by atoms with Gasteiger partial charge in [0.15, 0.2) is 0 Å². The molecule has 3 aliphatic rings.